The van der Waals surface area contributed by atoms with Crippen molar-refractivity contribution < 1.29 is 14.3 Å². The van der Waals surface area contributed by atoms with E-state index in [1.165, 1.54) is 0 Å². The molecule has 1 saturated heterocycles. The molecule has 1 fully saturated rings. The van der Waals surface area contributed by atoms with E-state index in [0.29, 0.717) is 49.8 Å². The van der Waals surface area contributed by atoms with Gasteiger partial charge in [-0.25, -0.2) is 0 Å². The number of nitrogens with zero attached hydrogens (tertiary/aromatic N) is 3. The van der Waals surface area contributed by atoms with Crippen LogP contribution >= 0.6 is 0 Å². The van der Waals surface area contributed by atoms with Crippen molar-refractivity contribution in [1.29, 1.82) is 0 Å². The van der Waals surface area contributed by atoms with Crippen molar-refractivity contribution in [3.05, 3.63) is 53.9 Å². The van der Waals surface area contributed by atoms with Crippen LogP contribution in [0.3, 0.4) is 0 Å². The van der Waals surface area contributed by atoms with Gasteiger partial charge >= 0.3 is 0 Å². The summed E-state index contributed by atoms with van der Waals surface area (Å²) >= 11 is 0. The van der Waals surface area contributed by atoms with Crippen molar-refractivity contribution in [3.8, 4) is 5.75 Å². The van der Waals surface area contributed by atoms with Gasteiger partial charge in [0, 0.05) is 51.2 Å². The fraction of sp³-hybridized carbons (Fsp3) is 0.429. The van der Waals surface area contributed by atoms with Gasteiger partial charge in [0.1, 0.15) is 5.75 Å². The van der Waals surface area contributed by atoms with Crippen LogP contribution in [0.4, 0.5) is 0 Å². The van der Waals surface area contributed by atoms with Gasteiger partial charge in [-0.3, -0.25) is 9.59 Å². The minimum atomic E-state index is -0.00257. The number of hydrogen-bond acceptors (Lipinski definition) is 3. The van der Waals surface area contributed by atoms with Crippen LogP contribution in [-0.2, 0) is 7.05 Å². The standard InChI is InChI=1S/C21H27N3O3/c1-16(2)15-27-19-6-4-17(5-7-19)20(25)23-10-12-24(13-11-23)21(26)18-8-9-22(3)14-18/h4-9,14,16H,10-13,15H2,1-3H3. The fourth-order valence-corrected chi connectivity index (χ4v) is 3.06. The third kappa shape index (κ3) is 4.70. The Bertz CT molecular complexity index is 787. The molecule has 3 rings (SSSR count). The minimum absolute atomic E-state index is 0.00257. The molecule has 2 heterocycles. The van der Waals surface area contributed by atoms with E-state index in [-0.39, 0.29) is 11.8 Å². The summed E-state index contributed by atoms with van der Waals surface area (Å²) < 4.78 is 7.52. The zero-order valence-electron chi connectivity index (χ0n) is 16.2. The van der Waals surface area contributed by atoms with Crippen molar-refractivity contribution in [2.24, 2.45) is 13.0 Å². The highest BCUT2D eigenvalue weighted by atomic mass is 16.5. The molecule has 0 aliphatic carbocycles. The Kier molecular flexibility index (Phi) is 5.84. The number of carbonyl (C=O) groups excluding carboxylic acids is 2. The van der Waals surface area contributed by atoms with E-state index >= 15 is 0 Å². The quantitative estimate of drug-likeness (QED) is 0.814. The first-order valence-corrected chi connectivity index (χ1v) is 9.37. The summed E-state index contributed by atoms with van der Waals surface area (Å²) in [7, 11) is 1.90. The fourth-order valence-electron chi connectivity index (χ4n) is 3.06. The van der Waals surface area contributed by atoms with Gasteiger partial charge in [-0.1, -0.05) is 13.8 Å². The van der Waals surface area contributed by atoms with Crippen LogP contribution in [0, 0.1) is 5.92 Å². The lowest BCUT2D eigenvalue weighted by atomic mass is 10.1. The van der Waals surface area contributed by atoms with Crippen molar-refractivity contribution in [2.45, 2.75) is 13.8 Å². The van der Waals surface area contributed by atoms with Crippen molar-refractivity contribution in [2.75, 3.05) is 32.8 Å². The molecule has 2 aromatic rings. The predicted octanol–water partition coefficient (Wildman–Crippen LogP) is 2.66. The molecule has 0 N–H and O–H groups in total. The number of carbonyl (C=O) groups is 2. The lowest BCUT2D eigenvalue weighted by Gasteiger charge is -2.34. The van der Waals surface area contributed by atoms with E-state index in [0.717, 1.165) is 5.75 Å². The maximum absolute atomic E-state index is 12.7. The molecule has 0 radical (unpaired) electrons. The van der Waals surface area contributed by atoms with Gasteiger partial charge in [-0.2, -0.15) is 0 Å². The van der Waals surface area contributed by atoms with Gasteiger partial charge in [0.2, 0.25) is 0 Å². The molecule has 1 aromatic carbocycles. The van der Waals surface area contributed by atoms with Gasteiger partial charge < -0.3 is 19.1 Å². The van der Waals surface area contributed by atoms with Crippen molar-refractivity contribution in [1.82, 2.24) is 14.4 Å². The number of aromatic nitrogens is 1. The first kappa shape index (κ1) is 19.0. The van der Waals surface area contributed by atoms with Crippen LogP contribution in [0.2, 0.25) is 0 Å². The van der Waals surface area contributed by atoms with Crippen LogP contribution < -0.4 is 4.74 Å². The summed E-state index contributed by atoms with van der Waals surface area (Å²) in [5.41, 5.74) is 1.34. The van der Waals surface area contributed by atoms with Crippen molar-refractivity contribution in [3.63, 3.8) is 0 Å². The molecule has 0 atom stereocenters. The van der Waals surface area contributed by atoms with Gasteiger partial charge in [0.25, 0.3) is 11.8 Å². The Morgan fingerprint density at radius 2 is 1.48 bits per heavy atom. The monoisotopic (exact) mass is 369 g/mol. The number of benzene rings is 1. The first-order chi connectivity index (χ1) is 12.9. The summed E-state index contributed by atoms with van der Waals surface area (Å²) in [6.07, 6.45) is 3.68. The first-order valence-electron chi connectivity index (χ1n) is 9.37. The molecule has 6 heteroatoms. The van der Waals surface area contributed by atoms with E-state index in [4.69, 9.17) is 4.74 Å². The third-order valence-electron chi connectivity index (χ3n) is 4.62. The van der Waals surface area contributed by atoms with Gasteiger partial charge in [-0.15, -0.1) is 0 Å². The Hall–Kier alpha value is -2.76. The highest BCUT2D eigenvalue weighted by Gasteiger charge is 2.25. The SMILES string of the molecule is CC(C)COc1ccc(C(=O)N2CCN(C(=O)c3ccn(C)c3)CC2)cc1. The molecule has 144 valence electrons. The molecule has 6 nitrogen and oxygen atoms in total. The number of amides is 2. The summed E-state index contributed by atoms with van der Waals surface area (Å²) in [6, 6.07) is 9.11. The number of ether oxygens (including phenoxy) is 1. The second kappa shape index (κ2) is 8.29. The summed E-state index contributed by atoms with van der Waals surface area (Å²) in [4.78, 5) is 28.8. The summed E-state index contributed by atoms with van der Waals surface area (Å²) in [5, 5.41) is 0. The maximum atomic E-state index is 12.7. The topological polar surface area (TPSA) is 54.8 Å². The lowest BCUT2D eigenvalue weighted by molar-refractivity contribution is 0.0535. The molecular weight excluding hydrogens is 342 g/mol. The van der Waals surface area contributed by atoms with Crippen LogP contribution in [0.5, 0.6) is 5.75 Å². The van der Waals surface area contributed by atoms with Crippen LogP contribution in [0.25, 0.3) is 0 Å². The van der Waals surface area contributed by atoms with Crippen LogP contribution in [0.1, 0.15) is 34.6 Å². The van der Waals surface area contributed by atoms with E-state index < -0.39 is 0 Å². The Morgan fingerprint density at radius 3 is 1.96 bits per heavy atom. The molecule has 1 aliphatic rings. The Morgan fingerprint density at radius 1 is 0.926 bits per heavy atom. The highest BCUT2D eigenvalue weighted by Crippen LogP contribution is 2.16. The van der Waals surface area contributed by atoms with E-state index in [1.54, 1.807) is 17.0 Å². The maximum Gasteiger partial charge on any atom is 0.255 e. The number of aryl methyl sites for hydroxylation is 1. The second-order valence-electron chi connectivity index (χ2n) is 7.38. The Labute approximate surface area is 160 Å². The van der Waals surface area contributed by atoms with E-state index in [2.05, 4.69) is 13.8 Å². The molecule has 27 heavy (non-hydrogen) atoms. The Balaban J connectivity index is 1.54. The smallest absolute Gasteiger partial charge is 0.255 e. The van der Waals surface area contributed by atoms with Crippen molar-refractivity contribution >= 4 is 11.8 Å². The minimum Gasteiger partial charge on any atom is -0.493 e. The third-order valence-corrected chi connectivity index (χ3v) is 4.62. The lowest BCUT2D eigenvalue weighted by Crippen LogP contribution is -2.50. The molecule has 0 saturated carbocycles. The largest absolute Gasteiger partial charge is 0.493 e. The normalized spacial score (nSPS) is 14.5. The zero-order chi connectivity index (χ0) is 19.4. The molecule has 0 spiro atoms. The zero-order valence-corrected chi connectivity index (χ0v) is 16.2. The average molecular weight is 369 g/mol. The number of hydrogen-bond donors (Lipinski definition) is 0. The van der Waals surface area contributed by atoms with Gasteiger partial charge in [0.15, 0.2) is 0 Å². The molecular formula is C21H27N3O3. The number of rotatable bonds is 5. The van der Waals surface area contributed by atoms with Crippen LogP contribution in [0.15, 0.2) is 42.7 Å². The molecule has 1 aliphatic heterocycles. The summed E-state index contributed by atoms with van der Waals surface area (Å²) in [6.45, 7) is 7.04. The molecule has 1 aromatic heterocycles. The second-order valence-corrected chi connectivity index (χ2v) is 7.38. The molecule has 2 amide bonds. The number of piperazine rings is 1. The molecule has 0 bridgehead atoms. The van der Waals surface area contributed by atoms with Gasteiger partial charge in [0.05, 0.1) is 12.2 Å². The van der Waals surface area contributed by atoms with Crippen LogP contribution in [-0.4, -0.2) is 59.0 Å². The van der Waals surface area contributed by atoms with E-state index in [1.807, 2.05) is 47.1 Å². The van der Waals surface area contributed by atoms with Gasteiger partial charge in [-0.05, 0) is 36.2 Å². The summed E-state index contributed by atoms with van der Waals surface area (Å²) in [5.74, 6) is 1.26. The average Bonchev–Trinajstić information content (AvgIpc) is 3.12. The van der Waals surface area contributed by atoms with E-state index in [9.17, 15) is 9.59 Å². The highest BCUT2D eigenvalue weighted by molar-refractivity contribution is 5.96. The molecule has 0 unspecified atom stereocenters. The predicted molar refractivity (Wildman–Crippen MR) is 104 cm³/mol.